The highest BCUT2D eigenvalue weighted by molar-refractivity contribution is 7.92. The fourth-order valence-corrected chi connectivity index (χ4v) is 6.94. The van der Waals surface area contributed by atoms with Crippen molar-refractivity contribution in [3.63, 3.8) is 0 Å². The number of anilines is 1. The molecule has 0 saturated heterocycles. The van der Waals surface area contributed by atoms with Gasteiger partial charge in [0.15, 0.2) is 0 Å². The molecule has 2 amide bonds. The van der Waals surface area contributed by atoms with E-state index < -0.39 is 28.5 Å². The van der Waals surface area contributed by atoms with Gasteiger partial charge in [-0.05, 0) is 74.4 Å². The molecule has 0 radical (unpaired) electrons. The number of nitrogens with one attached hydrogen (secondary N) is 1. The molecule has 0 aliphatic rings. The first-order valence-electron chi connectivity index (χ1n) is 14.3. The van der Waals surface area contributed by atoms with Gasteiger partial charge >= 0.3 is 0 Å². The van der Waals surface area contributed by atoms with E-state index in [2.05, 4.69) is 5.32 Å². The van der Waals surface area contributed by atoms with Crippen LogP contribution in [0.25, 0.3) is 0 Å². The number of amides is 2. The summed E-state index contributed by atoms with van der Waals surface area (Å²) in [6.45, 7) is 4.88. The molecule has 236 valence electrons. The molecule has 1 N–H and O–H groups in total. The summed E-state index contributed by atoms with van der Waals surface area (Å²) in [4.78, 5) is 29.6. The minimum absolute atomic E-state index is 0.00285. The third-order valence-electron chi connectivity index (χ3n) is 6.97. The van der Waals surface area contributed by atoms with E-state index in [0.717, 1.165) is 15.4 Å². The van der Waals surface area contributed by atoms with Crippen molar-refractivity contribution in [2.24, 2.45) is 0 Å². The zero-order chi connectivity index (χ0) is 32.7. The van der Waals surface area contributed by atoms with Gasteiger partial charge in [-0.2, -0.15) is 0 Å². The van der Waals surface area contributed by atoms with Crippen LogP contribution < -0.4 is 9.62 Å². The number of aryl methyl sites for hydroxylation is 1. The topological polar surface area (TPSA) is 86.8 Å². The lowest BCUT2D eigenvalue weighted by Crippen LogP contribution is -2.54. The Morgan fingerprint density at radius 3 is 2.00 bits per heavy atom. The molecule has 0 spiro atoms. The second-order valence-electron chi connectivity index (χ2n) is 11.0. The Morgan fingerprint density at radius 1 is 0.778 bits per heavy atom. The Balaban J connectivity index is 1.83. The molecule has 4 aromatic carbocycles. The number of sulfonamides is 1. The maximum absolute atomic E-state index is 14.5. The van der Waals surface area contributed by atoms with Crippen LogP contribution in [0.4, 0.5) is 5.69 Å². The number of carbonyl (C=O) groups is 2. The minimum Gasteiger partial charge on any atom is -0.352 e. The van der Waals surface area contributed by atoms with Gasteiger partial charge in [0.1, 0.15) is 12.6 Å². The molecule has 45 heavy (non-hydrogen) atoms. The number of benzene rings is 4. The smallest absolute Gasteiger partial charge is 0.264 e. The lowest BCUT2D eigenvalue weighted by Gasteiger charge is -2.34. The van der Waals surface area contributed by atoms with E-state index in [1.54, 1.807) is 36.4 Å². The van der Waals surface area contributed by atoms with Gasteiger partial charge in [0.05, 0.1) is 10.6 Å². The monoisotopic (exact) mass is 685 g/mol. The van der Waals surface area contributed by atoms with Crippen LogP contribution in [0.15, 0.2) is 102 Å². The molecule has 0 saturated carbocycles. The lowest BCUT2D eigenvalue weighted by atomic mass is 10.0. The minimum atomic E-state index is -4.29. The van der Waals surface area contributed by atoms with Crippen molar-refractivity contribution < 1.29 is 18.0 Å². The van der Waals surface area contributed by atoms with Crippen LogP contribution in [-0.2, 0) is 32.6 Å². The summed E-state index contributed by atoms with van der Waals surface area (Å²) in [5, 5.41) is 3.79. The van der Waals surface area contributed by atoms with Gasteiger partial charge in [-0.25, -0.2) is 8.42 Å². The van der Waals surface area contributed by atoms with Crippen LogP contribution in [-0.4, -0.2) is 43.8 Å². The maximum atomic E-state index is 14.5. The van der Waals surface area contributed by atoms with Crippen LogP contribution in [0.2, 0.25) is 15.1 Å². The van der Waals surface area contributed by atoms with Gasteiger partial charge in [0.2, 0.25) is 11.8 Å². The quantitative estimate of drug-likeness (QED) is 0.169. The van der Waals surface area contributed by atoms with E-state index in [4.69, 9.17) is 34.8 Å². The van der Waals surface area contributed by atoms with E-state index in [1.807, 2.05) is 51.1 Å². The highest BCUT2D eigenvalue weighted by Crippen LogP contribution is 2.30. The van der Waals surface area contributed by atoms with Crippen molar-refractivity contribution in [3.05, 3.63) is 129 Å². The normalized spacial score (nSPS) is 12.1. The summed E-state index contributed by atoms with van der Waals surface area (Å²) >= 11 is 18.9. The van der Waals surface area contributed by atoms with E-state index >= 15 is 0 Å². The van der Waals surface area contributed by atoms with Crippen molar-refractivity contribution in [1.29, 1.82) is 0 Å². The van der Waals surface area contributed by atoms with Gasteiger partial charge in [-0.3, -0.25) is 13.9 Å². The second kappa shape index (κ2) is 15.1. The van der Waals surface area contributed by atoms with E-state index in [9.17, 15) is 18.0 Å². The Kier molecular flexibility index (Phi) is 11.6. The Morgan fingerprint density at radius 2 is 1.40 bits per heavy atom. The molecule has 1 unspecified atom stereocenters. The molecule has 0 aromatic heterocycles. The molecule has 1 atom stereocenters. The molecular weight excluding hydrogens is 653 g/mol. The highest BCUT2D eigenvalue weighted by atomic mass is 35.5. The Hall–Kier alpha value is -3.56. The lowest BCUT2D eigenvalue weighted by molar-refractivity contribution is -0.140. The number of carbonyl (C=O) groups excluding carboxylic acids is 2. The average molecular weight is 687 g/mol. The first kappa shape index (κ1) is 34.3. The summed E-state index contributed by atoms with van der Waals surface area (Å²) < 4.78 is 29.3. The predicted octanol–water partition coefficient (Wildman–Crippen LogP) is 7.32. The Labute approximate surface area is 279 Å². The molecule has 7 nitrogen and oxygen atoms in total. The number of hydrogen-bond acceptors (Lipinski definition) is 4. The molecule has 0 fully saturated rings. The summed E-state index contributed by atoms with van der Waals surface area (Å²) in [5.41, 5.74) is 2.48. The van der Waals surface area contributed by atoms with Crippen LogP contribution in [0, 0.1) is 6.92 Å². The van der Waals surface area contributed by atoms with Crippen LogP contribution >= 0.6 is 34.8 Å². The van der Waals surface area contributed by atoms with Crippen molar-refractivity contribution in [3.8, 4) is 0 Å². The number of nitrogens with zero attached hydrogens (tertiary/aromatic N) is 2. The van der Waals surface area contributed by atoms with E-state index in [1.165, 1.54) is 35.2 Å². The van der Waals surface area contributed by atoms with Crippen molar-refractivity contribution in [2.45, 2.75) is 50.7 Å². The van der Waals surface area contributed by atoms with Crippen LogP contribution in [0.3, 0.4) is 0 Å². The van der Waals surface area contributed by atoms with Crippen molar-refractivity contribution in [1.82, 2.24) is 10.2 Å². The first-order chi connectivity index (χ1) is 21.3. The molecule has 4 rings (SSSR count). The van der Waals surface area contributed by atoms with Gasteiger partial charge in [0, 0.05) is 34.1 Å². The first-order valence-corrected chi connectivity index (χ1v) is 16.8. The van der Waals surface area contributed by atoms with Gasteiger partial charge in [-0.15, -0.1) is 0 Å². The van der Waals surface area contributed by atoms with Gasteiger partial charge in [-0.1, -0.05) is 95.0 Å². The predicted molar refractivity (Wildman–Crippen MR) is 181 cm³/mol. The van der Waals surface area contributed by atoms with Crippen molar-refractivity contribution in [2.75, 3.05) is 10.8 Å². The SMILES string of the molecule is Cc1ccc(S(=O)(=O)N(CC(=O)N(Cc2cccc(Cl)c2)C(Cc2ccccc2)C(=O)NC(C)C)c2cc(Cl)cc(Cl)c2)cc1. The average Bonchev–Trinajstić information content (AvgIpc) is 2.97. The fraction of sp³-hybridized carbons (Fsp3) is 0.235. The van der Waals surface area contributed by atoms with Gasteiger partial charge in [0.25, 0.3) is 10.0 Å². The molecule has 4 aromatic rings. The summed E-state index contributed by atoms with van der Waals surface area (Å²) in [6, 6.07) is 25.8. The molecule has 0 aliphatic carbocycles. The summed E-state index contributed by atoms with van der Waals surface area (Å²) in [6.07, 6.45) is 0.194. The highest BCUT2D eigenvalue weighted by Gasteiger charge is 2.35. The zero-order valence-corrected chi connectivity index (χ0v) is 28.2. The summed E-state index contributed by atoms with van der Waals surface area (Å²) in [5.74, 6) is -0.982. The third kappa shape index (κ3) is 9.23. The number of halogens is 3. The van der Waals surface area contributed by atoms with Crippen LogP contribution in [0.1, 0.15) is 30.5 Å². The number of rotatable bonds is 12. The van der Waals surface area contributed by atoms with E-state index in [0.29, 0.717) is 10.6 Å². The third-order valence-corrected chi connectivity index (χ3v) is 9.43. The molecule has 0 heterocycles. The summed E-state index contributed by atoms with van der Waals surface area (Å²) in [7, 11) is -4.29. The molecule has 0 aliphatic heterocycles. The Bertz CT molecular complexity index is 1730. The molecule has 0 bridgehead atoms. The maximum Gasteiger partial charge on any atom is 0.264 e. The zero-order valence-electron chi connectivity index (χ0n) is 25.1. The number of hydrogen-bond donors (Lipinski definition) is 1. The van der Waals surface area contributed by atoms with Gasteiger partial charge < -0.3 is 10.2 Å². The largest absolute Gasteiger partial charge is 0.352 e. The van der Waals surface area contributed by atoms with E-state index in [-0.39, 0.29) is 45.5 Å². The molecule has 11 heteroatoms. The van der Waals surface area contributed by atoms with Crippen molar-refractivity contribution >= 4 is 62.3 Å². The molecular formula is C34H34Cl3N3O4S. The fourth-order valence-electron chi connectivity index (χ4n) is 4.82. The van der Waals surface area contributed by atoms with Crippen LogP contribution in [0.5, 0.6) is 0 Å². The standard InChI is InChI=1S/C34H34Cl3N3O4S/c1-23(2)38-34(42)32(17-25-8-5-4-6-9-25)39(21-26-10-7-11-27(35)16-26)33(41)22-40(30-19-28(36)18-29(37)20-30)45(43,44)31-14-12-24(3)13-15-31/h4-16,18-20,23,32H,17,21-22H2,1-3H3,(H,38,42). The second-order valence-corrected chi connectivity index (χ2v) is 14.1.